The van der Waals surface area contributed by atoms with Gasteiger partial charge in [0.15, 0.2) is 5.78 Å². The van der Waals surface area contributed by atoms with Crippen molar-refractivity contribution in [2.75, 3.05) is 7.11 Å². The SMILES string of the molecule is C#CC.CCC(=O)c1ccc(C)c(CCC(C)c2ccccc2C)c1.CCc1cccc2ccccc12.CO. The fourth-order valence-corrected chi connectivity index (χ4v) is 4.59. The van der Waals surface area contributed by atoms with E-state index in [0.29, 0.717) is 12.3 Å². The molecule has 1 atom stereocenters. The molecule has 4 rings (SSSR count). The second-order valence-corrected chi connectivity index (χ2v) is 9.49. The molecule has 0 heterocycles. The molecule has 206 valence electrons. The van der Waals surface area contributed by atoms with Crippen LogP contribution in [0.5, 0.6) is 0 Å². The summed E-state index contributed by atoms with van der Waals surface area (Å²) in [6.07, 6.45) is 8.41. The Bertz CT molecular complexity index is 1320. The molecule has 0 radical (unpaired) electrons. The number of rotatable bonds is 7. The normalized spacial score (nSPS) is 10.4. The van der Waals surface area contributed by atoms with Gasteiger partial charge in [-0.1, -0.05) is 99.6 Å². The predicted molar refractivity (Wildman–Crippen MR) is 170 cm³/mol. The first-order valence-electron chi connectivity index (χ1n) is 13.8. The van der Waals surface area contributed by atoms with E-state index in [0.717, 1.165) is 31.9 Å². The smallest absolute Gasteiger partial charge is 0.162 e. The van der Waals surface area contributed by atoms with Crippen LogP contribution in [0.3, 0.4) is 0 Å². The van der Waals surface area contributed by atoms with Gasteiger partial charge in [0.25, 0.3) is 0 Å². The second-order valence-electron chi connectivity index (χ2n) is 9.49. The third-order valence-electron chi connectivity index (χ3n) is 6.82. The summed E-state index contributed by atoms with van der Waals surface area (Å²) in [6, 6.07) is 29.8. The van der Waals surface area contributed by atoms with E-state index in [1.807, 2.05) is 13.0 Å². The highest BCUT2D eigenvalue weighted by Gasteiger charge is 2.11. The fraction of sp³-hybridized carbons (Fsp3) is 0.324. The van der Waals surface area contributed by atoms with Crippen molar-refractivity contribution in [1.29, 1.82) is 0 Å². The molecule has 39 heavy (non-hydrogen) atoms. The zero-order valence-corrected chi connectivity index (χ0v) is 24.9. The van der Waals surface area contributed by atoms with Gasteiger partial charge in [0.2, 0.25) is 0 Å². The fourth-order valence-electron chi connectivity index (χ4n) is 4.59. The van der Waals surface area contributed by atoms with E-state index < -0.39 is 0 Å². The summed E-state index contributed by atoms with van der Waals surface area (Å²) in [4.78, 5) is 11.9. The number of carbonyl (C=O) groups is 1. The Hall–Kier alpha value is -3.67. The van der Waals surface area contributed by atoms with Gasteiger partial charge >= 0.3 is 0 Å². The third-order valence-corrected chi connectivity index (χ3v) is 6.82. The van der Waals surface area contributed by atoms with Crippen molar-refractivity contribution >= 4 is 16.6 Å². The lowest BCUT2D eigenvalue weighted by Gasteiger charge is -2.16. The van der Waals surface area contributed by atoms with E-state index in [9.17, 15) is 4.79 Å². The monoisotopic (exact) mass is 522 g/mol. The van der Waals surface area contributed by atoms with Crippen LogP contribution in [0.2, 0.25) is 0 Å². The molecular formula is C37H46O2. The van der Waals surface area contributed by atoms with Crippen molar-refractivity contribution in [3.05, 3.63) is 118 Å². The van der Waals surface area contributed by atoms with Crippen LogP contribution in [0.1, 0.15) is 84.6 Å². The minimum atomic E-state index is 0.230. The number of hydrogen-bond acceptors (Lipinski definition) is 2. The van der Waals surface area contributed by atoms with Crippen molar-refractivity contribution in [3.8, 4) is 12.3 Å². The number of fused-ring (bicyclic) bond motifs is 1. The second kappa shape index (κ2) is 18.6. The van der Waals surface area contributed by atoms with Gasteiger partial charge in [-0.05, 0) is 90.6 Å². The van der Waals surface area contributed by atoms with Crippen LogP contribution in [0.4, 0.5) is 0 Å². The summed E-state index contributed by atoms with van der Waals surface area (Å²) >= 11 is 0. The number of hydrogen-bond donors (Lipinski definition) is 1. The zero-order chi connectivity index (χ0) is 29.2. The summed E-state index contributed by atoms with van der Waals surface area (Å²) < 4.78 is 0. The van der Waals surface area contributed by atoms with Crippen LogP contribution in [-0.4, -0.2) is 18.0 Å². The van der Waals surface area contributed by atoms with Crippen LogP contribution in [0.25, 0.3) is 10.8 Å². The number of aliphatic hydroxyl groups is 1. The maximum Gasteiger partial charge on any atom is 0.162 e. The van der Waals surface area contributed by atoms with E-state index in [-0.39, 0.29) is 5.78 Å². The van der Waals surface area contributed by atoms with Crippen molar-refractivity contribution < 1.29 is 9.90 Å². The molecule has 0 saturated carbocycles. The number of aliphatic hydroxyl groups excluding tert-OH is 1. The van der Waals surface area contributed by atoms with Gasteiger partial charge in [-0.25, -0.2) is 0 Å². The number of ketones is 1. The number of benzene rings is 4. The summed E-state index contributed by atoms with van der Waals surface area (Å²) in [6.45, 7) is 12.4. The highest BCUT2D eigenvalue weighted by molar-refractivity contribution is 5.96. The molecule has 4 aromatic rings. The standard InChI is InChI=1S/C21H26O.C12H12.C3H4.CH4O/c1-5-21(22)19-13-10-15(2)18(14-19)12-11-17(4)20-9-7-6-8-16(20)3;1-2-10-7-5-8-11-6-3-4-9-12(10)11;1-3-2;1-2/h6-10,13-14,17H,5,11-12H2,1-4H3;3-9H,2H2,1H3;1H,2H3;2H,1H3. The Labute approximate surface area is 237 Å². The quantitative estimate of drug-likeness (QED) is 0.194. The Morgan fingerprint density at radius 3 is 2.10 bits per heavy atom. The molecule has 0 amide bonds. The van der Waals surface area contributed by atoms with Crippen LogP contribution < -0.4 is 0 Å². The van der Waals surface area contributed by atoms with E-state index in [1.54, 1.807) is 6.92 Å². The van der Waals surface area contributed by atoms with Gasteiger partial charge in [-0.3, -0.25) is 4.79 Å². The van der Waals surface area contributed by atoms with Gasteiger partial charge in [-0.2, -0.15) is 0 Å². The number of aryl methyl sites for hydroxylation is 4. The summed E-state index contributed by atoms with van der Waals surface area (Å²) in [5.74, 6) is 3.01. The maximum absolute atomic E-state index is 11.9. The van der Waals surface area contributed by atoms with E-state index in [4.69, 9.17) is 5.11 Å². The summed E-state index contributed by atoms with van der Waals surface area (Å²) in [5, 5.41) is 9.74. The van der Waals surface area contributed by atoms with Gasteiger partial charge in [0, 0.05) is 19.1 Å². The van der Waals surface area contributed by atoms with Crippen LogP contribution in [-0.2, 0) is 12.8 Å². The van der Waals surface area contributed by atoms with Gasteiger partial charge < -0.3 is 5.11 Å². The van der Waals surface area contributed by atoms with Crippen molar-refractivity contribution in [3.63, 3.8) is 0 Å². The average Bonchev–Trinajstić information content (AvgIpc) is 2.98. The lowest BCUT2D eigenvalue weighted by atomic mass is 9.89. The zero-order valence-electron chi connectivity index (χ0n) is 24.9. The molecule has 0 bridgehead atoms. The van der Waals surface area contributed by atoms with Crippen LogP contribution in [0.15, 0.2) is 84.9 Å². The molecule has 0 aromatic heterocycles. The lowest BCUT2D eigenvalue weighted by molar-refractivity contribution is 0.0988. The highest BCUT2D eigenvalue weighted by Crippen LogP contribution is 2.25. The van der Waals surface area contributed by atoms with Gasteiger partial charge in [0.05, 0.1) is 0 Å². The number of carbonyl (C=O) groups excluding carboxylic acids is 1. The predicted octanol–water partition coefficient (Wildman–Crippen LogP) is 9.28. The maximum atomic E-state index is 11.9. The molecule has 1 N–H and O–H groups in total. The Balaban J connectivity index is 0.000000374. The highest BCUT2D eigenvalue weighted by atomic mass is 16.2. The topological polar surface area (TPSA) is 37.3 Å². The van der Waals surface area contributed by atoms with E-state index in [2.05, 4.69) is 119 Å². The first-order valence-corrected chi connectivity index (χ1v) is 13.8. The van der Waals surface area contributed by atoms with Gasteiger partial charge in [0.1, 0.15) is 0 Å². The number of terminal acetylenes is 1. The third kappa shape index (κ3) is 10.5. The molecule has 2 nitrogen and oxygen atoms in total. The molecular weight excluding hydrogens is 476 g/mol. The van der Waals surface area contributed by atoms with Crippen molar-refractivity contribution in [2.45, 2.75) is 73.1 Å². The van der Waals surface area contributed by atoms with Crippen molar-refractivity contribution in [1.82, 2.24) is 0 Å². The lowest BCUT2D eigenvalue weighted by Crippen LogP contribution is -2.02. The Morgan fingerprint density at radius 2 is 1.46 bits per heavy atom. The van der Waals surface area contributed by atoms with Crippen molar-refractivity contribution in [2.24, 2.45) is 0 Å². The molecule has 1 unspecified atom stereocenters. The van der Waals surface area contributed by atoms with E-state index >= 15 is 0 Å². The summed E-state index contributed by atoms with van der Waals surface area (Å²) in [5.41, 5.74) is 7.67. The minimum absolute atomic E-state index is 0.230. The van der Waals surface area contributed by atoms with Crippen LogP contribution >= 0.6 is 0 Å². The number of Topliss-reactive ketones (excluding diaryl/α,β-unsaturated/α-hetero) is 1. The van der Waals surface area contributed by atoms with E-state index in [1.165, 1.54) is 38.6 Å². The van der Waals surface area contributed by atoms with Crippen LogP contribution in [0, 0.1) is 26.2 Å². The molecule has 2 heteroatoms. The molecule has 0 aliphatic rings. The average molecular weight is 523 g/mol. The molecule has 0 saturated heterocycles. The summed E-state index contributed by atoms with van der Waals surface area (Å²) in [7, 11) is 1.00. The first-order chi connectivity index (χ1) is 18.9. The molecule has 0 aliphatic carbocycles. The Morgan fingerprint density at radius 1 is 0.846 bits per heavy atom. The first kappa shape index (κ1) is 33.4. The van der Waals surface area contributed by atoms with Gasteiger partial charge in [-0.15, -0.1) is 12.3 Å². The molecule has 0 fully saturated rings. The molecule has 0 spiro atoms. The largest absolute Gasteiger partial charge is 0.400 e. The molecule has 4 aromatic carbocycles. The Kier molecular flexibility index (Phi) is 15.9. The molecule has 0 aliphatic heterocycles. The minimum Gasteiger partial charge on any atom is -0.400 e.